The Hall–Kier alpha value is -1.55. The Morgan fingerprint density at radius 3 is 2.53 bits per heavy atom. The summed E-state index contributed by atoms with van der Waals surface area (Å²) < 4.78 is 0. The van der Waals surface area contributed by atoms with Crippen molar-refractivity contribution in [1.29, 1.82) is 0 Å². The second-order valence-corrected chi connectivity index (χ2v) is 4.54. The molecule has 1 N–H and O–H groups in total. The topological polar surface area (TPSA) is 49.4 Å². The van der Waals surface area contributed by atoms with E-state index in [0.717, 1.165) is 0 Å². The molecule has 0 bridgehead atoms. The van der Waals surface area contributed by atoms with Gasteiger partial charge in [-0.3, -0.25) is 9.59 Å². The second-order valence-electron chi connectivity index (χ2n) is 3.89. The van der Waals surface area contributed by atoms with Gasteiger partial charge in [-0.25, -0.2) is 0 Å². The highest BCUT2D eigenvalue weighted by Gasteiger charge is 2.11. The largest absolute Gasteiger partial charge is 0.345 e. The van der Waals surface area contributed by atoms with E-state index < -0.39 is 5.38 Å². The van der Waals surface area contributed by atoms with Crippen molar-refractivity contribution in [3.8, 4) is 0 Å². The maximum absolute atomic E-state index is 11.7. The smallest absolute Gasteiger partial charge is 0.253 e. The van der Waals surface area contributed by atoms with Gasteiger partial charge in [-0.2, -0.15) is 0 Å². The molecule has 0 aliphatic carbocycles. The summed E-state index contributed by atoms with van der Waals surface area (Å²) in [5.41, 5.74) is 1.09. The summed E-state index contributed by atoms with van der Waals surface area (Å²) in [6.45, 7) is 1.59. The van der Waals surface area contributed by atoms with Crippen LogP contribution in [0.5, 0.6) is 0 Å². The average molecular weight is 255 g/mol. The lowest BCUT2D eigenvalue weighted by Gasteiger charge is -2.12. The van der Waals surface area contributed by atoms with Crippen molar-refractivity contribution in [3.05, 3.63) is 29.8 Å². The summed E-state index contributed by atoms with van der Waals surface area (Å²) in [4.78, 5) is 24.6. The van der Waals surface area contributed by atoms with E-state index in [2.05, 4.69) is 5.32 Å². The fourth-order valence-corrected chi connectivity index (χ4v) is 1.28. The first-order chi connectivity index (χ1) is 7.91. The molecule has 92 valence electrons. The van der Waals surface area contributed by atoms with Gasteiger partial charge >= 0.3 is 0 Å². The molecule has 0 fully saturated rings. The number of amides is 2. The van der Waals surface area contributed by atoms with E-state index in [0.29, 0.717) is 11.3 Å². The number of carbonyl (C=O) groups is 2. The summed E-state index contributed by atoms with van der Waals surface area (Å²) >= 11 is 5.64. The molecular formula is C12H15ClN2O2. The van der Waals surface area contributed by atoms with Crippen LogP contribution in [0.4, 0.5) is 5.69 Å². The molecule has 0 aliphatic rings. The highest BCUT2D eigenvalue weighted by atomic mass is 35.5. The van der Waals surface area contributed by atoms with Gasteiger partial charge in [0.05, 0.1) is 0 Å². The fourth-order valence-electron chi connectivity index (χ4n) is 1.23. The maximum Gasteiger partial charge on any atom is 0.253 e. The molecule has 2 amide bonds. The summed E-state index contributed by atoms with van der Waals surface area (Å²) in [5, 5.41) is 2.03. The zero-order valence-electron chi connectivity index (χ0n) is 10.0. The van der Waals surface area contributed by atoms with Crippen LogP contribution in [0.15, 0.2) is 24.3 Å². The Kier molecular flexibility index (Phi) is 4.52. The number of halogens is 1. The van der Waals surface area contributed by atoms with Gasteiger partial charge in [-0.05, 0) is 25.1 Å². The molecule has 1 atom stereocenters. The molecule has 1 rings (SSSR count). The second kappa shape index (κ2) is 5.68. The van der Waals surface area contributed by atoms with Crippen LogP contribution >= 0.6 is 11.6 Å². The van der Waals surface area contributed by atoms with E-state index in [1.165, 1.54) is 4.90 Å². The Morgan fingerprint density at radius 2 is 2.00 bits per heavy atom. The van der Waals surface area contributed by atoms with Crippen LogP contribution in [0.25, 0.3) is 0 Å². The van der Waals surface area contributed by atoms with Crippen molar-refractivity contribution in [1.82, 2.24) is 4.90 Å². The molecule has 1 unspecified atom stereocenters. The van der Waals surface area contributed by atoms with Crippen molar-refractivity contribution < 1.29 is 9.59 Å². The zero-order chi connectivity index (χ0) is 13.0. The Morgan fingerprint density at radius 1 is 1.35 bits per heavy atom. The summed E-state index contributed by atoms with van der Waals surface area (Å²) in [6, 6.07) is 6.75. The molecule has 0 aromatic heterocycles. The van der Waals surface area contributed by atoms with Gasteiger partial charge in [-0.15, -0.1) is 11.6 Å². The number of rotatable bonds is 3. The van der Waals surface area contributed by atoms with Gasteiger partial charge in [0.2, 0.25) is 5.91 Å². The number of anilines is 1. The molecular weight excluding hydrogens is 240 g/mol. The predicted molar refractivity (Wildman–Crippen MR) is 68.4 cm³/mol. The van der Waals surface area contributed by atoms with Gasteiger partial charge in [0, 0.05) is 25.3 Å². The molecule has 1 aromatic rings. The van der Waals surface area contributed by atoms with Gasteiger partial charge < -0.3 is 10.2 Å². The fraction of sp³-hybridized carbons (Fsp3) is 0.333. The first-order valence-corrected chi connectivity index (χ1v) is 5.62. The van der Waals surface area contributed by atoms with Crippen LogP contribution in [0.2, 0.25) is 0 Å². The first-order valence-electron chi connectivity index (χ1n) is 5.18. The first kappa shape index (κ1) is 13.5. The van der Waals surface area contributed by atoms with E-state index in [1.807, 2.05) is 0 Å². The molecule has 17 heavy (non-hydrogen) atoms. The molecule has 4 nitrogen and oxygen atoms in total. The number of benzene rings is 1. The molecule has 5 heteroatoms. The van der Waals surface area contributed by atoms with Crippen molar-refractivity contribution in [2.45, 2.75) is 12.3 Å². The van der Waals surface area contributed by atoms with Crippen molar-refractivity contribution in [2.75, 3.05) is 19.4 Å². The standard InChI is InChI=1S/C12H15ClN2O2/c1-8(13)11(16)14-10-6-4-5-9(7-10)12(17)15(2)3/h4-8H,1-3H3,(H,14,16). The number of alkyl halides is 1. The minimum atomic E-state index is -0.608. The summed E-state index contributed by atoms with van der Waals surface area (Å²) in [7, 11) is 3.35. The van der Waals surface area contributed by atoms with E-state index in [4.69, 9.17) is 11.6 Å². The Balaban J connectivity index is 2.86. The summed E-state index contributed by atoms with van der Waals surface area (Å²) in [5.74, 6) is -0.402. The van der Waals surface area contributed by atoms with Crippen molar-refractivity contribution in [3.63, 3.8) is 0 Å². The van der Waals surface area contributed by atoms with Gasteiger partial charge in [0.25, 0.3) is 5.91 Å². The molecule has 1 aromatic carbocycles. The zero-order valence-corrected chi connectivity index (χ0v) is 10.8. The Labute approximate surface area is 106 Å². The van der Waals surface area contributed by atoms with E-state index in [1.54, 1.807) is 45.3 Å². The average Bonchev–Trinajstić information content (AvgIpc) is 2.28. The normalized spacial score (nSPS) is 11.8. The minimum Gasteiger partial charge on any atom is -0.345 e. The molecule has 0 aliphatic heterocycles. The van der Waals surface area contributed by atoms with E-state index >= 15 is 0 Å². The predicted octanol–water partition coefficient (Wildman–Crippen LogP) is 1.95. The third-order valence-electron chi connectivity index (χ3n) is 2.14. The SMILES string of the molecule is CC(Cl)C(=O)Nc1cccc(C(=O)N(C)C)c1. The lowest BCUT2D eigenvalue weighted by Crippen LogP contribution is -2.23. The van der Waals surface area contributed by atoms with E-state index in [9.17, 15) is 9.59 Å². The van der Waals surface area contributed by atoms with Gasteiger partial charge in [0.15, 0.2) is 0 Å². The lowest BCUT2D eigenvalue weighted by atomic mass is 10.2. The monoisotopic (exact) mass is 254 g/mol. The molecule has 0 radical (unpaired) electrons. The Bertz CT molecular complexity index is 430. The molecule has 0 saturated carbocycles. The van der Waals surface area contributed by atoms with Crippen LogP contribution in [-0.4, -0.2) is 36.2 Å². The molecule has 0 spiro atoms. The van der Waals surface area contributed by atoms with Crippen molar-refractivity contribution in [2.24, 2.45) is 0 Å². The van der Waals surface area contributed by atoms with E-state index in [-0.39, 0.29) is 11.8 Å². The van der Waals surface area contributed by atoms with Crippen LogP contribution < -0.4 is 5.32 Å². The van der Waals surface area contributed by atoms with Crippen LogP contribution in [0.3, 0.4) is 0 Å². The van der Waals surface area contributed by atoms with Crippen LogP contribution in [0, 0.1) is 0 Å². The lowest BCUT2D eigenvalue weighted by molar-refractivity contribution is -0.115. The number of hydrogen-bond acceptors (Lipinski definition) is 2. The maximum atomic E-state index is 11.7. The van der Waals surface area contributed by atoms with Crippen LogP contribution in [-0.2, 0) is 4.79 Å². The molecule has 0 saturated heterocycles. The number of carbonyl (C=O) groups excluding carboxylic acids is 2. The quantitative estimate of drug-likeness (QED) is 0.839. The number of nitrogens with one attached hydrogen (secondary N) is 1. The van der Waals surface area contributed by atoms with Crippen molar-refractivity contribution >= 4 is 29.1 Å². The van der Waals surface area contributed by atoms with Gasteiger partial charge in [-0.1, -0.05) is 6.07 Å². The third-order valence-corrected chi connectivity index (χ3v) is 2.34. The number of hydrogen-bond donors (Lipinski definition) is 1. The highest BCUT2D eigenvalue weighted by Crippen LogP contribution is 2.13. The minimum absolute atomic E-state index is 0.111. The van der Waals surface area contributed by atoms with Crippen LogP contribution in [0.1, 0.15) is 17.3 Å². The van der Waals surface area contributed by atoms with Gasteiger partial charge in [0.1, 0.15) is 5.38 Å². The summed E-state index contributed by atoms with van der Waals surface area (Å²) in [6.07, 6.45) is 0. The third kappa shape index (κ3) is 3.75. The highest BCUT2D eigenvalue weighted by molar-refractivity contribution is 6.32. The number of nitrogens with zero attached hydrogens (tertiary/aromatic N) is 1. The molecule has 0 heterocycles.